The predicted octanol–water partition coefficient (Wildman–Crippen LogP) is 1.92. The van der Waals surface area contributed by atoms with Crippen molar-refractivity contribution >= 4 is 28.4 Å². The van der Waals surface area contributed by atoms with Crippen molar-refractivity contribution in [3.63, 3.8) is 0 Å². The van der Waals surface area contributed by atoms with Crippen LogP contribution in [0.15, 0.2) is 70.8 Å². The Labute approximate surface area is 181 Å². The van der Waals surface area contributed by atoms with Gasteiger partial charge in [0.15, 0.2) is 0 Å². The lowest BCUT2D eigenvalue weighted by Gasteiger charge is -2.06. The smallest absolute Gasteiger partial charge is 0.252 e. The number of carbonyl (C=O) groups excluding carboxylic acids is 1. The van der Waals surface area contributed by atoms with Gasteiger partial charge in [0, 0.05) is 29.4 Å². The van der Waals surface area contributed by atoms with Crippen LogP contribution >= 0.6 is 0 Å². The minimum Gasteiger partial charge on any atom is -0.301 e. The summed E-state index contributed by atoms with van der Waals surface area (Å²) < 4.78 is 2.73. The lowest BCUT2D eigenvalue weighted by molar-refractivity contribution is -0.108. The summed E-state index contributed by atoms with van der Waals surface area (Å²) in [5.41, 5.74) is 0.955. The molecule has 0 spiro atoms. The Morgan fingerprint density at radius 2 is 1.22 bits per heavy atom. The molecular weight excluding hydrogens is 408 g/mol. The monoisotopic (exact) mass is 424 g/mol. The molecule has 0 unspecified atom stereocenters. The SMILES string of the molecule is C=CCn1c(=O)ccc2ccc(C#N)nc21.N#Cc1ccc2ccc(=O)n(CC=O)c2n1. The lowest BCUT2D eigenvalue weighted by atomic mass is 10.2. The van der Waals surface area contributed by atoms with Gasteiger partial charge in [-0.25, -0.2) is 9.97 Å². The van der Waals surface area contributed by atoms with Gasteiger partial charge in [0.25, 0.3) is 11.1 Å². The fourth-order valence-electron chi connectivity index (χ4n) is 3.00. The van der Waals surface area contributed by atoms with E-state index in [9.17, 15) is 14.4 Å². The number of nitrogens with zero attached hydrogens (tertiary/aromatic N) is 6. The summed E-state index contributed by atoms with van der Waals surface area (Å²) in [5.74, 6) is 0. The van der Waals surface area contributed by atoms with Gasteiger partial charge in [-0.3, -0.25) is 18.7 Å². The number of pyridine rings is 4. The van der Waals surface area contributed by atoms with Gasteiger partial charge in [-0.05, 0) is 36.4 Å². The standard InChI is InChI=1S/C12H9N3O.C11H7N3O2/c1-2-7-15-11(16)6-4-9-3-5-10(8-13)14-12(9)15;12-7-9-3-1-8-2-4-10(16)14(5-6-15)11(8)13-9/h2-6H,1,7H2;1-4,6H,5H2. The Kier molecular flexibility index (Phi) is 6.64. The van der Waals surface area contributed by atoms with E-state index in [1.54, 1.807) is 42.5 Å². The Bertz CT molecular complexity index is 1420. The second-order valence-corrected chi connectivity index (χ2v) is 6.46. The summed E-state index contributed by atoms with van der Waals surface area (Å²) in [6.45, 7) is 3.92. The molecule has 4 aromatic heterocycles. The highest BCUT2D eigenvalue weighted by molar-refractivity contribution is 5.76. The molecule has 0 atom stereocenters. The average molecular weight is 424 g/mol. The molecule has 156 valence electrons. The first-order valence-electron chi connectivity index (χ1n) is 9.38. The largest absolute Gasteiger partial charge is 0.301 e. The summed E-state index contributed by atoms with van der Waals surface area (Å²) >= 11 is 0. The molecule has 9 heteroatoms. The second kappa shape index (κ2) is 9.74. The van der Waals surface area contributed by atoms with Gasteiger partial charge < -0.3 is 4.79 Å². The third kappa shape index (κ3) is 4.48. The molecule has 0 radical (unpaired) electrons. The van der Waals surface area contributed by atoms with Crippen LogP contribution in [0.25, 0.3) is 22.1 Å². The fourth-order valence-corrected chi connectivity index (χ4v) is 3.00. The zero-order valence-electron chi connectivity index (χ0n) is 16.8. The predicted molar refractivity (Wildman–Crippen MR) is 118 cm³/mol. The van der Waals surface area contributed by atoms with E-state index in [-0.39, 0.29) is 23.4 Å². The van der Waals surface area contributed by atoms with Crippen LogP contribution in [-0.4, -0.2) is 25.4 Å². The molecule has 32 heavy (non-hydrogen) atoms. The molecule has 4 rings (SSSR count). The molecule has 0 aliphatic carbocycles. The first-order valence-corrected chi connectivity index (χ1v) is 9.38. The van der Waals surface area contributed by atoms with E-state index in [4.69, 9.17) is 10.5 Å². The fraction of sp³-hybridized carbons (Fsp3) is 0.0870. The quantitative estimate of drug-likeness (QED) is 0.361. The first kappa shape index (κ1) is 21.8. The normalized spacial score (nSPS) is 9.94. The van der Waals surface area contributed by atoms with Crippen molar-refractivity contribution in [2.45, 2.75) is 13.1 Å². The molecule has 4 aromatic rings. The van der Waals surface area contributed by atoms with Gasteiger partial charge in [-0.1, -0.05) is 6.08 Å². The van der Waals surface area contributed by atoms with Crippen LogP contribution in [0.5, 0.6) is 0 Å². The van der Waals surface area contributed by atoms with Gasteiger partial charge in [0.1, 0.15) is 41.1 Å². The maximum atomic E-state index is 11.6. The average Bonchev–Trinajstić information content (AvgIpc) is 2.82. The molecule has 0 fully saturated rings. The Morgan fingerprint density at radius 1 is 0.781 bits per heavy atom. The van der Waals surface area contributed by atoms with Crippen molar-refractivity contribution < 1.29 is 4.79 Å². The van der Waals surface area contributed by atoms with E-state index in [1.165, 1.54) is 21.3 Å². The van der Waals surface area contributed by atoms with Crippen molar-refractivity contribution in [3.8, 4) is 12.1 Å². The molecular formula is C23H16N6O3. The molecule has 0 saturated heterocycles. The highest BCUT2D eigenvalue weighted by Gasteiger charge is 2.05. The molecule has 9 nitrogen and oxygen atoms in total. The van der Waals surface area contributed by atoms with Crippen molar-refractivity contribution in [2.75, 3.05) is 0 Å². The van der Waals surface area contributed by atoms with E-state index >= 15 is 0 Å². The maximum Gasteiger partial charge on any atom is 0.252 e. The Hall–Kier alpha value is -4.89. The van der Waals surface area contributed by atoms with E-state index in [2.05, 4.69) is 16.5 Å². The molecule has 0 amide bonds. The zero-order valence-corrected chi connectivity index (χ0v) is 16.8. The number of carbonyl (C=O) groups is 1. The minimum absolute atomic E-state index is 0.0575. The van der Waals surface area contributed by atoms with Crippen LogP contribution in [0.2, 0.25) is 0 Å². The summed E-state index contributed by atoms with van der Waals surface area (Å²) in [4.78, 5) is 41.7. The molecule has 0 saturated carbocycles. The number of aromatic nitrogens is 4. The molecule has 0 aromatic carbocycles. The van der Waals surface area contributed by atoms with Crippen molar-refractivity contribution in [3.05, 3.63) is 93.3 Å². The Morgan fingerprint density at radius 3 is 1.62 bits per heavy atom. The van der Waals surface area contributed by atoms with Crippen LogP contribution in [-0.2, 0) is 17.9 Å². The number of allylic oxidation sites excluding steroid dienone is 1. The van der Waals surface area contributed by atoms with Crippen molar-refractivity contribution in [1.82, 2.24) is 19.1 Å². The second-order valence-electron chi connectivity index (χ2n) is 6.46. The lowest BCUT2D eigenvalue weighted by Crippen LogP contribution is -2.20. The summed E-state index contributed by atoms with van der Waals surface area (Å²) in [6.07, 6.45) is 2.25. The van der Waals surface area contributed by atoms with Gasteiger partial charge in [-0.15, -0.1) is 6.58 Å². The van der Waals surface area contributed by atoms with E-state index < -0.39 is 0 Å². The highest BCUT2D eigenvalue weighted by atomic mass is 16.1. The number of rotatable bonds is 4. The molecule has 0 N–H and O–H groups in total. The molecule has 0 bridgehead atoms. The molecule has 0 aliphatic rings. The van der Waals surface area contributed by atoms with Crippen LogP contribution in [0.1, 0.15) is 11.4 Å². The number of aldehydes is 1. The summed E-state index contributed by atoms with van der Waals surface area (Å²) in [5, 5.41) is 19.0. The minimum atomic E-state index is -0.304. The van der Waals surface area contributed by atoms with Crippen molar-refractivity contribution in [1.29, 1.82) is 10.5 Å². The topological polar surface area (TPSA) is 134 Å². The number of fused-ring (bicyclic) bond motifs is 2. The van der Waals surface area contributed by atoms with Gasteiger partial charge >= 0.3 is 0 Å². The number of nitriles is 2. The Balaban J connectivity index is 0.000000181. The highest BCUT2D eigenvalue weighted by Crippen LogP contribution is 2.11. The van der Waals surface area contributed by atoms with Gasteiger partial charge in [0.05, 0.1) is 6.54 Å². The van der Waals surface area contributed by atoms with E-state index in [1.807, 2.05) is 12.1 Å². The van der Waals surface area contributed by atoms with Crippen molar-refractivity contribution in [2.24, 2.45) is 0 Å². The number of hydrogen-bond donors (Lipinski definition) is 0. The van der Waals surface area contributed by atoms with E-state index in [0.29, 0.717) is 29.8 Å². The maximum absolute atomic E-state index is 11.6. The molecule has 0 aliphatic heterocycles. The number of hydrogen-bond acceptors (Lipinski definition) is 7. The molecule has 4 heterocycles. The van der Waals surface area contributed by atoms with Gasteiger partial charge in [0.2, 0.25) is 0 Å². The third-order valence-corrected chi connectivity index (χ3v) is 4.46. The zero-order chi connectivity index (χ0) is 23.1. The van der Waals surface area contributed by atoms with Gasteiger partial charge in [-0.2, -0.15) is 10.5 Å². The van der Waals surface area contributed by atoms with Crippen LogP contribution in [0.4, 0.5) is 0 Å². The van der Waals surface area contributed by atoms with Crippen LogP contribution in [0, 0.1) is 22.7 Å². The van der Waals surface area contributed by atoms with Crippen LogP contribution in [0.3, 0.4) is 0 Å². The third-order valence-electron chi connectivity index (χ3n) is 4.46. The van der Waals surface area contributed by atoms with E-state index in [0.717, 1.165) is 10.8 Å². The van der Waals surface area contributed by atoms with Crippen LogP contribution < -0.4 is 11.1 Å². The summed E-state index contributed by atoms with van der Waals surface area (Å²) in [6, 6.07) is 16.7. The first-order chi connectivity index (χ1) is 15.5. The summed E-state index contributed by atoms with van der Waals surface area (Å²) in [7, 11) is 0.